The van der Waals surface area contributed by atoms with Crippen LogP contribution in [-0.4, -0.2) is 56.9 Å². The molecule has 0 amide bonds. The van der Waals surface area contributed by atoms with E-state index >= 15 is 0 Å². The molecule has 0 saturated carbocycles. The molecule has 1 unspecified atom stereocenters. The maximum Gasteiger partial charge on any atom is 0.135 e. The Kier molecular flexibility index (Phi) is 8.89. The second-order valence-electron chi connectivity index (χ2n) is 15.8. The fraction of sp³-hybridized carbons (Fsp3) is 0.304. The molecule has 0 spiro atoms. The highest BCUT2D eigenvalue weighted by Crippen LogP contribution is 2.56. The standard InChI is InChI=1S/C46H48N2O8/c1-19-9-25-27(41-31-13-21(3)47-23(5)39(31)33(49)17-35(41)51)15-29(45(53)43(25)37(11-19)55-7)30-16-28(26-10-20(2)12-38(56-8)44(26)46(30)54)42-32-14-22(4)48-24(6)40(32)34(50)18-36(42)52/h9-12,15-18,21-24,47-54H,13-14H2,1-8H3/t21-,22-,23-,24?/m1/s1. The van der Waals surface area contributed by atoms with Crippen molar-refractivity contribution < 1.29 is 40.1 Å². The number of methoxy groups -OCH3 is 2. The number of ether oxygens (including phenoxy) is 2. The molecule has 6 aromatic rings. The van der Waals surface area contributed by atoms with Gasteiger partial charge in [0.2, 0.25) is 0 Å². The SMILES string of the molecule is COc1cc(C)cc2c(-c3c(O)cc(O)c4c3C[C@@H](C)NC4C)cc(-c3cc(-c4c(O)cc(O)c5c4C[C@@H](C)N[C@@H]5C)c4cc(C)cc(OC)c4c3O)c(O)c12. The van der Waals surface area contributed by atoms with Gasteiger partial charge in [0.15, 0.2) is 0 Å². The molecule has 10 nitrogen and oxygen atoms in total. The van der Waals surface area contributed by atoms with Crippen LogP contribution in [0.25, 0.3) is 54.9 Å². The third-order valence-electron chi connectivity index (χ3n) is 11.7. The summed E-state index contributed by atoms with van der Waals surface area (Å²) in [5, 5.41) is 79.7. The van der Waals surface area contributed by atoms with Crippen LogP contribution >= 0.6 is 0 Å². The maximum atomic E-state index is 12.5. The molecule has 8 N–H and O–H groups in total. The Hall–Kier alpha value is -5.84. The topological polar surface area (TPSA) is 164 Å². The maximum absolute atomic E-state index is 12.5. The number of aromatic hydroxyl groups is 6. The zero-order chi connectivity index (χ0) is 40.1. The summed E-state index contributed by atoms with van der Waals surface area (Å²) in [5.74, 6) is 0.187. The molecule has 0 fully saturated rings. The summed E-state index contributed by atoms with van der Waals surface area (Å²) in [6.45, 7) is 11.9. The number of phenols is 6. The summed E-state index contributed by atoms with van der Waals surface area (Å²) >= 11 is 0. The molecule has 0 radical (unpaired) electrons. The third kappa shape index (κ3) is 5.61. The summed E-state index contributed by atoms with van der Waals surface area (Å²) in [6.07, 6.45) is 1.02. The minimum absolute atomic E-state index is 0.0136. The lowest BCUT2D eigenvalue weighted by atomic mass is 9.80. The Labute approximate surface area is 325 Å². The van der Waals surface area contributed by atoms with Gasteiger partial charge in [-0.3, -0.25) is 0 Å². The van der Waals surface area contributed by atoms with Crippen LogP contribution in [0, 0.1) is 13.8 Å². The van der Waals surface area contributed by atoms with Gasteiger partial charge < -0.3 is 50.7 Å². The van der Waals surface area contributed by atoms with Crippen molar-refractivity contribution in [3.63, 3.8) is 0 Å². The number of aryl methyl sites for hydroxylation is 2. The highest BCUT2D eigenvalue weighted by Gasteiger charge is 2.33. The Morgan fingerprint density at radius 2 is 0.875 bits per heavy atom. The molecule has 290 valence electrons. The van der Waals surface area contributed by atoms with Crippen LogP contribution < -0.4 is 20.1 Å². The molecule has 8 rings (SSSR count). The van der Waals surface area contributed by atoms with Crippen LogP contribution in [0.2, 0.25) is 0 Å². The monoisotopic (exact) mass is 756 g/mol. The molecule has 2 aliphatic heterocycles. The second kappa shape index (κ2) is 13.4. The smallest absolute Gasteiger partial charge is 0.135 e. The molecule has 0 aliphatic carbocycles. The van der Waals surface area contributed by atoms with Gasteiger partial charge in [-0.1, -0.05) is 12.1 Å². The van der Waals surface area contributed by atoms with Gasteiger partial charge in [0.1, 0.15) is 46.0 Å². The zero-order valence-corrected chi connectivity index (χ0v) is 32.8. The van der Waals surface area contributed by atoms with E-state index in [1.54, 1.807) is 12.1 Å². The zero-order valence-electron chi connectivity index (χ0n) is 32.8. The average molecular weight is 757 g/mol. The van der Waals surface area contributed by atoms with Crippen molar-refractivity contribution >= 4 is 21.5 Å². The lowest BCUT2D eigenvalue weighted by Crippen LogP contribution is -2.36. The largest absolute Gasteiger partial charge is 0.507 e. The van der Waals surface area contributed by atoms with Crippen LogP contribution in [0.1, 0.15) is 73.2 Å². The molecule has 0 aromatic heterocycles. The second-order valence-corrected chi connectivity index (χ2v) is 15.8. The number of nitrogens with one attached hydrogen (secondary N) is 2. The van der Waals surface area contributed by atoms with Crippen molar-refractivity contribution in [2.45, 2.75) is 78.6 Å². The van der Waals surface area contributed by atoms with Crippen molar-refractivity contribution in [1.29, 1.82) is 0 Å². The van der Waals surface area contributed by atoms with Crippen LogP contribution in [-0.2, 0) is 12.8 Å². The lowest BCUT2D eigenvalue weighted by Gasteiger charge is -2.32. The van der Waals surface area contributed by atoms with E-state index in [0.717, 1.165) is 22.3 Å². The first-order valence-corrected chi connectivity index (χ1v) is 19.0. The Balaban J connectivity index is 1.55. The number of hydrogen-bond acceptors (Lipinski definition) is 10. The van der Waals surface area contributed by atoms with E-state index in [0.29, 0.717) is 79.3 Å². The van der Waals surface area contributed by atoms with Gasteiger partial charge >= 0.3 is 0 Å². The van der Waals surface area contributed by atoms with Crippen molar-refractivity contribution in [3.8, 4) is 79.4 Å². The molecule has 56 heavy (non-hydrogen) atoms. The summed E-state index contributed by atoms with van der Waals surface area (Å²) in [4.78, 5) is 0. The van der Waals surface area contributed by atoms with Gasteiger partial charge in [0.05, 0.1) is 25.0 Å². The number of benzene rings is 6. The summed E-state index contributed by atoms with van der Waals surface area (Å²) < 4.78 is 11.8. The number of rotatable bonds is 5. The number of phenolic OH excluding ortho intramolecular Hbond substituents is 6. The minimum atomic E-state index is -0.209. The molecule has 10 heteroatoms. The van der Waals surface area contributed by atoms with Crippen LogP contribution in [0.3, 0.4) is 0 Å². The first-order valence-electron chi connectivity index (χ1n) is 19.0. The van der Waals surface area contributed by atoms with Crippen molar-refractivity contribution in [2.75, 3.05) is 14.2 Å². The van der Waals surface area contributed by atoms with E-state index in [9.17, 15) is 30.6 Å². The third-order valence-corrected chi connectivity index (χ3v) is 11.7. The molecule has 0 saturated heterocycles. The summed E-state index contributed by atoms with van der Waals surface area (Å²) in [5.41, 5.74) is 7.27. The number of hydrogen-bond donors (Lipinski definition) is 8. The quantitative estimate of drug-likeness (QED) is 0.0852. The molecule has 2 heterocycles. The van der Waals surface area contributed by atoms with Crippen LogP contribution in [0.15, 0.2) is 48.5 Å². The Morgan fingerprint density at radius 1 is 0.500 bits per heavy atom. The van der Waals surface area contributed by atoms with E-state index in [-0.39, 0.29) is 69.8 Å². The molecule has 2 aliphatic rings. The van der Waals surface area contributed by atoms with Crippen LogP contribution in [0.5, 0.6) is 46.0 Å². The van der Waals surface area contributed by atoms with Crippen molar-refractivity contribution in [1.82, 2.24) is 10.6 Å². The van der Waals surface area contributed by atoms with Crippen molar-refractivity contribution in [2.24, 2.45) is 0 Å². The normalized spacial score (nSPS) is 19.2. The highest BCUT2D eigenvalue weighted by molar-refractivity contribution is 6.13. The lowest BCUT2D eigenvalue weighted by molar-refractivity contribution is 0.401. The number of fused-ring (bicyclic) bond motifs is 4. The van der Waals surface area contributed by atoms with Crippen LogP contribution in [0.4, 0.5) is 0 Å². The molecule has 6 aromatic carbocycles. The predicted octanol–water partition coefficient (Wildman–Crippen LogP) is 9.05. The summed E-state index contributed by atoms with van der Waals surface area (Å²) in [6, 6.07) is 13.4. The van der Waals surface area contributed by atoms with Gasteiger partial charge in [-0.2, -0.15) is 0 Å². The Morgan fingerprint density at radius 3 is 1.23 bits per heavy atom. The summed E-state index contributed by atoms with van der Waals surface area (Å²) in [7, 11) is 3.06. The first-order chi connectivity index (χ1) is 26.6. The minimum Gasteiger partial charge on any atom is -0.507 e. The fourth-order valence-corrected chi connectivity index (χ4v) is 9.60. The fourth-order valence-electron chi connectivity index (χ4n) is 9.60. The highest BCUT2D eigenvalue weighted by atomic mass is 16.5. The van der Waals surface area contributed by atoms with E-state index in [1.165, 1.54) is 26.4 Å². The van der Waals surface area contributed by atoms with Gasteiger partial charge in [-0.05, 0) is 123 Å². The van der Waals surface area contributed by atoms with E-state index in [1.807, 2.05) is 52.0 Å². The Bertz CT molecular complexity index is 2450. The average Bonchev–Trinajstić information content (AvgIpc) is 3.11. The van der Waals surface area contributed by atoms with E-state index < -0.39 is 0 Å². The van der Waals surface area contributed by atoms with Gasteiger partial charge in [-0.15, -0.1) is 0 Å². The molecular weight excluding hydrogens is 709 g/mol. The van der Waals surface area contributed by atoms with Crippen molar-refractivity contribution in [3.05, 3.63) is 81.9 Å². The van der Waals surface area contributed by atoms with E-state index in [4.69, 9.17) is 9.47 Å². The van der Waals surface area contributed by atoms with E-state index in [2.05, 4.69) is 24.5 Å². The molecular formula is C46H48N2O8. The first kappa shape index (κ1) is 37.1. The van der Waals surface area contributed by atoms with Gasteiger partial charge in [0.25, 0.3) is 0 Å². The predicted molar refractivity (Wildman–Crippen MR) is 220 cm³/mol. The van der Waals surface area contributed by atoms with Gasteiger partial charge in [0, 0.05) is 69.7 Å². The van der Waals surface area contributed by atoms with Gasteiger partial charge in [-0.25, -0.2) is 0 Å². The molecule has 0 bridgehead atoms. The molecule has 4 atom stereocenters.